The van der Waals surface area contributed by atoms with Crippen LogP contribution in [-0.4, -0.2) is 38.8 Å². The fraction of sp³-hybridized carbons (Fsp3) is 0.500. The van der Waals surface area contributed by atoms with Crippen molar-refractivity contribution in [2.75, 3.05) is 25.5 Å². The van der Waals surface area contributed by atoms with Gasteiger partial charge in [-0.3, -0.25) is 4.79 Å². The largest absolute Gasteiger partial charge is 0.330 e. The van der Waals surface area contributed by atoms with Crippen molar-refractivity contribution in [2.24, 2.45) is 11.1 Å². The van der Waals surface area contributed by atoms with Gasteiger partial charge < -0.3 is 11.1 Å². The monoisotopic (exact) mass is 401 g/mol. The molecule has 0 atom stereocenters. The highest BCUT2D eigenvalue weighted by atomic mass is 35.5. The van der Waals surface area contributed by atoms with Crippen LogP contribution >= 0.6 is 24.0 Å². The molecule has 24 heavy (non-hydrogen) atoms. The van der Waals surface area contributed by atoms with Crippen molar-refractivity contribution < 1.29 is 17.6 Å². The van der Waals surface area contributed by atoms with Crippen LogP contribution in [0.15, 0.2) is 17.0 Å². The molecule has 0 heterocycles. The molecule has 0 saturated carbocycles. The van der Waals surface area contributed by atoms with Crippen LogP contribution < -0.4 is 11.1 Å². The molecule has 1 rings (SSSR count). The van der Waals surface area contributed by atoms with Crippen molar-refractivity contribution in [1.82, 2.24) is 4.31 Å². The molecule has 3 N–H and O–H groups in total. The van der Waals surface area contributed by atoms with Gasteiger partial charge in [0.05, 0.1) is 10.7 Å². The topological polar surface area (TPSA) is 92.5 Å². The Morgan fingerprint density at radius 2 is 1.96 bits per heavy atom. The minimum absolute atomic E-state index is 0. The summed E-state index contributed by atoms with van der Waals surface area (Å²) in [5, 5.41) is 2.27. The molecule has 0 radical (unpaired) electrons. The Balaban J connectivity index is 0.00000529. The van der Waals surface area contributed by atoms with E-state index in [1.165, 1.54) is 14.0 Å². The predicted octanol–water partition coefficient (Wildman–Crippen LogP) is 2.46. The average molecular weight is 402 g/mol. The number of nitrogens with zero attached hydrogens (tertiary/aromatic N) is 1. The Morgan fingerprint density at radius 1 is 1.42 bits per heavy atom. The molecular formula is C14H22Cl2FN3O3S. The quantitative estimate of drug-likeness (QED) is 0.765. The Labute approximate surface area is 153 Å². The third-order valence-electron chi connectivity index (χ3n) is 3.22. The molecule has 0 aliphatic heterocycles. The molecule has 0 fully saturated rings. The van der Waals surface area contributed by atoms with Crippen molar-refractivity contribution in [3.05, 3.63) is 23.0 Å². The van der Waals surface area contributed by atoms with Crippen molar-refractivity contribution in [3.8, 4) is 0 Å². The van der Waals surface area contributed by atoms with E-state index in [0.717, 1.165) is 16.4 Å². The number of anilines is 1. The number of nitrogens with two attached hydrogens (primary N) is 1. The van der Waals surface area contributed by atoms with Crippen LogP contribution in [0.3, 0.4) is 0 Å². The molecule has 0 aromatic heterocycles. The first-order valence-corrected chi connectivity index (χ1v) is 8.65. The zero-order valence-electron chi connectivity index (χ0n) is 13.9. The fourth-order valence-electron chi connectivity index (χ4n) is 1.93. The molecule has 6 nitrogen and oxygen atoms in total. The molecule has 138 valence electrons. The predicted molar refractivity (Wildman–Crippen MR) is 95.6 cm³/mol. The Morgan fingerprint density at radius 3 is 2.42 bits per heavy atom. The van der Waals surface area contributed by atoms with Crippen LogP contribution in [0.4, 0.5) is 10.1 Å². The summed E-state index contributed by atoms with van der Waals surface area (Å²) in [7, 11) is -2.73. The summed E-state index contributed by atoms with van der Waals surface area (Å²) in [5.41, 5.74) is 5.15. The molecule has 1 aromatic rings. The number of halogens is 3. The highest BCUT2D eigenvalue weighted by Crippen LogP contribution is 2.30. The summed E-state index contributed by atoms with van der Waals surface area (Å²) in [4.78, 5) is 10.5. The number of benzene rings is 1. The van der Waals surface area contributed by atoms with Crippen LogP contribution in [0.2, 0.25) is 5.02 Å². The number of nitrogens with one attached hydrogen (secondary N) is 1. The Kier molecular flexibility index (Phi) is 8.11. The van der Waals surface area contributed by atoms with Gasteiger partial charge in [0.15, 0.2) is 0 Å². The van der Waals surface area contributed by atoms with E-state index in [9.17, 15) is 17.6 Å². The van der Waals surface area contributed by atoms with Crippen LogP contribution in [0, 0.1) is 11.2 Å². The molecule has 0 aliphatic carbocycles. The van der Waals surface area contributed by atoms with Crippen molar-refractivity contribution in [2.45, 2.75) is 25.7 Å². The number of carbonyl (C=O) groups excluding carboxylic acids is 1. The van der Waals surface area contributed by atoms with Gasteiger partial charge in [0.1, 0.15) is 10.7 Å². The second kappa shape index (κ2) is 8.44. The highest BCUT2D eigenvalue weighted by molar-refractivity contribution is 7.89. The maximum atomic E-state index is 14.2. The molecule has 0 aliphatic rings. The summed E-state index contributed by atoms with van der Waals surface area (Å²) in [5.74, 6) is -1.43. The maximum absolute atomic E-state index is 14.2. The molecule has 10 heteroatoms. The summed E-state index contributed by atoms with van der Waals surface area (Å²) < 4.78 is 40.3. The number of carbonyl (C=O) groups is 1. The summed E-state index contributed by atoms with van der Waals surface area (Å²) >= 11 is 5.93. The van der Waals surface area contributed by atoms with Gasteiger partial charge in [0.2, 0.25) is 15.9 Å². The van der Waals surface area contributed by atoms with Gasteiger partial charge in [0.25, 0.3) is 0 Å². The lowest BCUT2D eigenvalue weighted by Gasteiger charge is -2.28. The highest BCUT2D eigenvalue weighted by Gasteiger charge is 2.30. The van der Waals surface area contributed by atoms with Crippen LogP contribution in [0.5, 0.6) is 0 Å². The lowest BCUT2D eigenvalue weighted by Crippen LogP contribution is -2.40. The first kappa shape index (κ1) is 23.1. The van der Waals surface area contributed by atoms with E-state index in [-0.39, 0.29) is 36.2 Å². The van der Waals surface area contributed by atoms with Gasteiger partial charge in [-0.05, 0) is 18.0 Å². The Hall–Kier alpha value is -0.930. The van der Waals surface area contributed by atoms with Gasteiger partial charge in [0, 0.05) is 26.6 Å². The second-order valence-electron chi connectivity index (χ2n) is 6.07. The number of hydrogen-bond acceptors (Lipinski definition) is 4. The van der Waals surface area contributed by atoms with Crippen molar-refractivity contribution in [1.29, 1.82) is 0 Å². The van der Waals surface area contributed by atoms with Gasteiger partial charge in [-0.2, -0.15) is 0 Å². The van der Waals surface area contributed by atoms with Gasteiger partial charge >= 0.3 is 0 Å². The second-order valence-corrected chi connectivity index (χ2v) is 8.49. The summed E-state index contributed by atoms with van der Waals surface area (Å²) in [6.45, 7) is 5.25. The van der Waals surface area contributed by atoms with Crippen LogP contribution in [-0.2, 0) is 14.8 Å². The van der Waals surface area contributed by atoms with Crippen molar-refractivity contribution >= 4 is 45.6 Å². The normalized spacial score (nSPS) is 12.0. The van der Waals surface area contributed by atoms with E-state index >= 15 is 0 Å². The van der Waals surface area contributed by atoms with Crippen molar-refractivity contribution in [3.63, 3.8) is 0 Å². The van der Waals surface area contributed by atoms with E-state index in [1.807, 2.05) is 13.8 Å². The molecule has 0 bridgehead atoms. The summed E-state index contributed by atoms with van der Waals surface area (Å²) in [6, 6.07) is 1.88. The molecule has 0 saturated heterocycles. The third kappa shape index (κ3) is 5.56. The van der Waals surface area contributed by atoms with E-state index in [0.29, 0.717) is 0 Å². The third-order valence-corrected chi connectivity index (χ3v) is 5.35. The van der Waals surface area contributed by atoms with Crippen LogP contribution in [0.1, 0.15) is 20.8 Å². The zero-order valence-corrected chi connectivity index (χ0v) is 16.3. The number of rotatable bonds is 6. The van der Waals surface area contributed by atoms with Crippen LogP contribution in [0.25, 0.3) is 0 Å². The standard InChI is InChI=1S/C14H21ClFN3O3S.ClH/c1-9(20)18-12-6-11(16)13(5-10(12)15)23(21,22)19(4)8-14(2,3)7-17;/h5-6H,7-8,17H2,1-4H3,(H,18,20);1H. The smallest absolute Gasteiger partial charge is 0.245 e. The maximum Gasteiger partial charge on any atom is 0.245 e. The minimum Gasteiger partial charge on any atom is -0.330 e. The molecular weight excluding hydrogens is 380 g/mol. The van der Waals surface area contributed by atoms with Gasteiger partial charge in [-0.15, -0.1) is 12.4 Å². The van der Waals surface area contributed by atoms with E-state index in [4.69, 9.17) is 17.3 Å². The van der Waals surface area contributed by atoms with E-state index < -0.39 is 32.1 Å². The lowest BCUT2D eigenvalue weighted by molar-refractivity contribution is -0.114. The molecule has 0 unspecified atom stereocenters. The number of amides is 1. The Bertz CT molecular complexity index is 711. The zero-order chi connectivity index (χ0) is 18.0. The summed E-state index contributed by atoms with van der Waals surface area (Å²) in [6.07, 6.45) is 0. The van der Waals surface area contributed by atoms with Gasteiger partial charge in [-0.25, -0.2) is 17.1 Å². The first-order chi connectivity index (χ1) is 10.4. The molecule has 1 amide bonds. The molecule has 1 aromatic carbocycles. The van der Waals surface area contributed by atoms with E-state index in [2.05, 4.69) is 5.32 Å². The molecule has 0 spiro atoms. The lowest BCUT2D eigenvalue weighted by atomic mass is 9.94. The fourth-order valence-corrected chi connectivity index (χ4v) is 3.63. The van der Waals surface area contributed by atoms with E-state index in [1.54, 1.807) is 0 Å². The minimum atomic E-state index is -4.08. The SMILES string of the molecule is CC(=O)Nc1cc(F)c(S(=O)(=O)N(C)CC(C)(C)CN)cc1Cl.Cl. The van der Waals surface area contributed by atoms with Gasteiger partial charge in [-0.1, -0.05) is 25.4 Å². The number of sulfonamides is 1. The first-order valence-electron chi connectivity index (χ1n) is 6.84. The number of hydrogen-bond donors (Lipinski definition) is 2. The average Bonchev–Trinajstić information content (AvgIpc) is 2.41.